The molecule has 29 heavy (non-hydrogen) atoms. The Morgan fingerprint density at radius 3 is 2.21 bits per heavy atom. The van der Waals surface area contributed by atoms with Crippen molar-refractivity contribution in [3.05, 3.63) is 48.0 Å². The largest absolute Gasteiger partial charge is 0.493 e. The molecule has 3 rings (SSSR count). The van der Waals surface area contributed by atoms with Crippen LogP contribution in [-0.2, 0) is 9.47 Å². The number of fused-ring (bicyclic) bond motifs is 1. The number of carbonyl (C=O) groups is 1. The van der Waals surface area contributed by atoms with Crippen LogP contribution in [0.15, 0.2) is 42.5 Å². The van der Waals surface area contributed by atoms with E-state index in [0.717, 1.165) is 5.56 Å². The average molecular weight is 397 g/mol. The number of para-hydroxylation sites is 1. The standard InChI is InChI=1S/C22H23NO6/c1-25-9-10-29-22(24)16-13-18(23-17-8-6-5-7-15(16)17)14-11-19(26-2)21(28-4)20(12-14)27-3/h5-8,11-13H,9-10H2,1-4H3. The van der Waals surface area contributed by atoms with Crippen LogP contribution in [0.3, 0.4) is 0 Å². The highest BCUT2D eigenvalue weighted by Crippen LogP contribution is 2.41. The normalized spacial score (nSPS) is 10.6. The van der Waals surface area contributed by atoms with Gasteiger partial charge in [-0.05, 0) is 24.3 Å². The van der Waals surface area contributed by atoms with Gasteiger partial charge in [0.05, 0.1) is 44.7 Å². The third-order valence-corrected chi connectivity index (χ3v) is 4.42. The smallest absolute Gasteiger partial charge is 0.338 e. The molecule has 0 spiro atoms. The first-order valence-electron chi connectivity index (χ1n) is 8.99. The van der Waals surface area contributed by atoms with E-state index < -0.39 is 5.97 Å². The average Bonchev–Trinajstić information content (AvgIpc) is 2.77. The number of aromatic nitrogens is 1. The summed E-state index contributed by atoms with van der Waals surface area (Å²) in [7, 11) is 6.20. The molecule has 2 aromatic carbocycles. The molecule has 0 radical (unpaired) electrons. The van der Waals surface area contributed by atoms with Gasteiger partial charge in [0, 0.05) is 18.1 Å². The van der Waals surface area contributed by atoms with E-state index in [4.69, 9.17) is 28.7 Å². The summed E-state index contributed by atoms with van der Waals surface area (Å²) >= 11 is 0. The van der Waals surface area contributed by atoms with Crippen LogP contribution in [0.4, 0.5) is 0 Å². The van der Waals surface area contributed by atoms with Crippen molar-refractivity contribution in [1.82, 2.24) is 4.98 Å². The van der Waals surface area contributed by atoms with E-state index in [1.807, 2.05) is 24.3 Å². The first-order chi connectivity index (χ1) is 14.1. The maximum Gasteiger partial charge on any atom is 0.338 e. The molecule has 0 N–H and O–H groups in total. The maximum absolute atomic E-state index is 12.7. The minimum Gasteiger partial charge on any atom is -0.493 e. The number of hydrogen-bond acceptors (Lipinski definition) is 7. The summed E-state index contributed by atoms with van der Waals surface area (Å²) in [5.74, 6) is 1.05. The molecule has 1 heterocycles. The predicted octanol–water partition coefficient (Wildman–Crippen LogP) is 3.73. The Kier molecular flexibility index (Phi) is 6.51. The van der Waals surface area contributed by atoms with Crippen LogP contribution in [-0.4, -0.2) is 52.6 Å². The highest BCUT2D eigenvalue weighted by molar-refractivity contribution is 6.04. The minimum atomic E-state index is -0.436. The van der Waals surface area contributed by atoms with Crippen LogP contribution in [0.5, 0.6) is 17.2 Å². The molecule has 0 saturated heterocycles. The zero-order valence-electron chi connectivity index (χ0n) is 16.9. The first-order valence-corrected chi connectivity index (χ1v) is 8.99. The molecule has 152 valence electrons. The van der Waals surface area contributed by atoms with E-state index in [0.29, 0.717) is 46.0 Å². The van der Waals surface area contributed by atoms with Crippen LogP contribution < -0.4 is 14.2 Å². The van der Waals surface area contributed by atoms with Crippen LogP contribution in [0, 0.1) is 0 Å². The van der Waals surface area contributed by atoms with Gasteiger partial charge in [0.15, 0.2) is 11.5 Å². The molecule has 0 aliphatic rings. The number of ether oxygens (including phenoxy) is 5. The molecule has 0 saturated carbocycles. The number of rotatable bonds is 8. The quantitative estimate of drug-likeness (QED) is 0.423. The lowest BCUT2D eigenvalue weighted by molar-refractivity contribution is 0.0390. The van der Waals surface area contributed by atoms with E-state index in [2.05, 4.69) is 0 Å². The maximum atomic E-state index is 12.7. The second kappa shape index (κ2) is 9.25. The minimum absolute atomic E-state index is 0.172. The van der Waals surface area contributed by atoms with Crippen LogP contribution >= 0.6 is 0 Å². The number of hydrogen-bond donors (Lipinski definition) is 0. The lowest BCUT2D eigenvalue weighted by Crippen LogP contribution is -2.11. The van der Waals surface area contributed by atoms with Gasteiger partial charge in [-0.3, -0.25) is 0 Å². The molecule has 0 atom stereocenters. The molecule has 0 aliphatic heterocycles. The Morgan fingerprint density at radius 1 is 0.897 bits per heavy atom. The fraction of sp³-hybridized carbons (Fsp3) is 0.273. The highest BCUT2D eigenvalue weighted by atomic mass is 16.6. The first kappa shape index (κ1) is 20.4. The fourth-order valence-electron chi connectivity index (χ4n) is 3.02. The van der Waals surface area contributed by atoms with E-state index in [9.17, 15) is 4.79 Å². The van der Waals surface area contributed by atoms with Crippen molar-refractivity contribution in [2.75, 3.05) is 41.7 Å². The Morgan fingerprint density at radius 2 is 1.59 bits per heavy atom. The van der Waals surface area contributed by atoms with Crippen molar-refractivity contribution in [3.8, 4) is 28.5 Å². The van der Waals surface area contributed by atoms with Crippen molar-refractivity contribution in [2.24, 2.45) is 0 Å². The molecule has 7 heteroatoms. The van der Waals surface area contributed by atoms with Gasteiger partial charge in [0.1, 0.15) is 6.61 Å². The molecule has 0 fully saturated rings. The number of pyridine rings is 1. The molecule has 1 aromatic heterocycles. The molecule has 0 aliphatic carbocycles. The summed E-state index contributed by atoms with van der Waals surface area (Å²) < 4.78 is 26.5. The number of methoxy groups -OCH3 is 4. The summed E-state index contributed by atoms with van der Waals surface area (Å²) in [4.78, 5) is 17.4. The van der Waals surface area contributed by atoms with Gasteiger partial charge in [-0.1, -0.05) is 18.2 Å². The summed E-state index contributed by atoms with van der Waals surface area (Å²) in [6, 6.07) is 12.7. The van der Waals surface area contributed by atoms with E-state index in [1.165, 1.54) is 0 Å². The zero-order valence-corrected chi connectivity index (χ0v) is 16.9. The Balaban J connectivity index is 2.14. The second-order valence-electron chi connectivity index (χ2n) is 6.11. The summed E-state index contributed by atoms with van der Waals surface area (Å²) in [6.45, 7) is 0.500. The zero-order chi connectivity index (χ0) is 20.8. The van der Waals surface area contributed by atoms with Gasteiger partial charge < -0.3 is 23.7 Å². The van der Waals surface area contributed by atoms with E-state index in [1.54, 1.807) is 46.6 Å². The predicted molar refractivity (Wildman–Crippen MR) is 109 cm³/mol. The summed E-state index contributed by atoms with van der Waals surface area (Å²) in [5, 5.41) is 0.714. The van der Waals surface area contributed by atoms with Crippen LogP contribution in [0.2, 0.25) is 0 Å². The van der Waals surface area contributed by atoms with Gasteiger partial charge in [0.25, 0.3) is 0 Å². The number of esters is 1. The van der Waals surface area contributed by atoms with Crippen LogP contribution in [0.1, 0.15) is 10.4 Å². The summed E-state index contributed by atoms with van der Waals surface area (Å²) in [6.07, 6.45) is 0. The van der Waals surface area contributed by atoms with Gasteiger partial charge in [-0.2, -0.15) is 0 Å². The number of benzene rings is 2. The van der Waals surface area contributed by atoms with Crippen molar-refractivity contribution in [2.45, 2.75) is 0 Å². The number of carbonyl (C=O) groups excluding carboxylic acids is 1. The van der Waals surface area contributed by atoms with E-state index >= 15 is 0 Å². The molecule has 0 bridgehead atoms. The Hall–Kier alpha value is -3.32. The van der Waals surface area contributed by atoms with Crippen molar-refractivity contribution in [1.29, 1.82) is 0 Å². The lowest BCUT2D eigenvalue weighted by Gasteiger charge is -2.15. The molecule has 3 aromatic rings. The molecule has 7 nitrogen and oxygen atoms in total. The van der Waals surface area contributed by atoms with Gasteiger partial charge >= 0.3 is 5.97 Å². The third kappa shape index (κ3) is 4.25. The monoisotopic (exact) mass is 397 g/mol. The van der Waals surface area contributed by atoms with Gasteiger partial charge in [-0.15, -0.1) is 0 Å². The summed E-state index contributed by atoms with van der Waals surface area (Å²) in [5.41, 5.74) is 2.41. The van der Waals surface area contributed by atoms with Crippen molar-refractivity contribution < 1.29 is 28.5 Å². The SMILES string of the molecule is COCCOC(=O)c1cc(-c2cc(OC)c(OC)c(OC)c2)nc2ccccc12. The van der Waals surface area contributed by atoms with Gasteiger partial charge in [-0.25, -0.2) is 9.78 Å². The molecule has 0 unspecified atom stereocenters. The molecular formula is C22H23NO6. The van der Waals surface area contributed by atoms with Crippen LogP contribution in [0.25, 0.3) is 22.2 Å². The topological polar surface area (TPSA) is 76.1 Å². The fourth-order valence-corrected chi connectivity index (χ4v) is 3.02. The number of nitrogens with zero attached hydrogens (tertiary/aromatic N) is 1. The highest BCUT2D eigenvalue weighted by Gasteiger charge is 2.18. The van der Waals surface area contributed by atoms with Crippen molar-refractivity contribution >= 4 is 16.9 Å². The van der Waals surface area contributed by atoms with Crippen molar-refractivity contribution in [3.63, 3.8) is 0 Å². The second-order valence-corrected chi connectivity index (χ2v) is 6.11. The Labute approximate surface area is 169 Å². The molecule has 0 amide bonds. The third-order valence-electron chi connectivity index (χ3n) is 4.42. The van der Waals surface area contributed by atoms with Gasteiger partial charge in [0.2, 0.25) is 5.75 Å². The molecular weight excluding hydrogens is 374 g/mol. The van der Waals surface area contributed by atoms with E-state index in [-0.39, 0.29) is 6.61 Å². The lowest BCUT2D eigenvalue weighted by atomic mass is 10.0. The Bertz CT molecular complexity index is 992.